The zero-order valence-corrected chi connectivity index (χ0v) is 40.6. The van der Waals surface area contributed by atoms with Gasteiger partial charge in [0.25, 0.3) is 0 Å². The number of hydrogen-bond acceptors (Lipinski definition) is 12. The van der Waals surface area contributed by atoms with Gasteiger partial charge in [-0.15, -0.1) is 0 Å². The molecule has 0 saturated carbocycles. The van der Waals surface area contributed by atoms with E-state index in [0.717, 1.165) is 5.56 Å². The fraction of sp³-hybridized carbons (Fsp3) is 0.766. The Kier molecular flexibility index (Phi) is 25.5. The predicted octanol–water partition coefficient (Wildman–Crippen LogP) is 3.58. The summed E-state index contributed by atoms with van der Waals surface area (Å²) in [5, 5.41) is 5.95. The largest absolute Gasteiger partial charge is 0.462 e. The van der Waals surface area contributed by atoms with Crippen molar-refractivity contribution in [3.63, 3.8) is 0 Å². The molecule has 1 saturated heterocycles. The van der Waals surface area contributed by atoms with Crippen molar-refractivity contribution in [1.82, 2.24) is 25.3 Å². The zero-order valence-electron chi connectivity index (χ0n) is 40.6. The second-order valence-electron chi connectivity index (χ2n) is 17.6. The Bertz CT molecular complexity index is 1510. The average molecular weight is 892 g/mol. The Labute approximate surface area is 377 Å². The van der Waals surface area contributed by atoms with Gasteiger partial charge >= 0.3 is 5.97 Å². The topological polar surface area (TPSA) is 175 Å². The number of nitrogens with one attached hydrogen (secondary N) is 2. The monoisotopic (exact) mass is 892 g/mol. The second-order valence-corrected chi connectivity index (χ2v) is 17.6. The number of methoxy groups -OCH3 is 3. The quantitative estimate of drug-likeness (QED) is 0.0851. The smallest absolute Gasteiger partial charge is 0.329 e. The van der Waals surface area contributed by atoms with Gasteiger partial charge in [-0.25, -0.2) is 4.79 Å². The summed E-state index contributed by atoms with van der Waals surface area (Å²) in [5.41, 5.74) is 0.844. The first-order valence-electron chi connectivity index (χ1n) is 22.7. The minimum absolute atomic E-state index is 0.00212. The van der Waals surface area contributed by atoms with Gasteiger partial charge in [0, 0.05) is 41.3 Å². The number of hydrogen-bond donors (Lipinski definition) is 2. The lowest BCUT2D eigenvalue weighted by molar-refractivity contribution is -0.151. The maximum absolute atomic E-state index is 14.4. The van der Waals surface area contributed by atoms with Gasteiger partial charge in [-0.2, -0.15) is 0 Å². The summed E-state index contributed by atoms with van der Waals surface area (Å²) in [6.45, 7) is 15.9. The van der Waals surface area contributed by atoms with Gasteiger partial charge in [0.05, 0.1) is 75.7 Å². The average Bonchev–Trinajstić information content (AvgIpc) is 3.73. The third-order valence-corrected chi connectivity index (χ3v) is 12.1. The fourth-order valence-corrected chi connectivity index (χ4v) is 8.52. The van der Waals surface area contributed by atoms with Crippen LogP contribution in [0.2, 0.25) is 0 Å². The number of ether oxygens (including phenoxy) is 6. The van der Waals surface area contributed by atoms with Crippen molar-refractivity contribution in [2.45, 2.75) is 123 Å². The van der Waals surface area contributed by atoms with Gasteiger partial charge in [0.15, 0.2) is 0 Å². The Morgan fingerprint density at radius 3 is 1.95 bits per heavy atom. The van der Waals surface area contributed by atoms with Gasteiger partial charge in [-0.1, -0.05) is 85.2 Å². The van der Waals surface area contributed by atoms with Crippen molar-refractivity contribution < 1.29 is 52.4 Å². The number of carbonyl (C=O) groups excluding carboxylic acids is 5. The molecule has 360 valence electrons. The summed E-state index contributed by atoms with van der Waals surface area (Å²) >= 11 is 0. The maximum atomic E-state index is 14.4. The third kappa shape index (κ3) is 17.3. The number of likely N-dealkylation sites (N-methyl/N-ethyl adjacent to an activating group) is 2. The molecule has 16 nitrogen and oxygen atoms in total. The fourth-order valence-electron chi connectivity index (χ4n) is 8.52. The third-order valence-electron chi connectivity index (χ3n) is 12.1. The van der Waals surface area contributed by atoms with E-state index in [9.17, 15) is 24.0 Å². The van der Waals surface area contributed by atoms with Gasteiger partial charge in [-0.3, -0.25) is 24.1 Å². The van der Waals surface area contributed by atoms with Gasteiger partial charge in [0.2, 0.25) is 23.6 Å². The van der Waals surface area contributed by atoms with E-state index >= 15 is 0 Å². The van der Waals surface area contributed by atoms with Gasteiger partial charge < -0.3 is 48.9 Å². The molecule has 9 atom stereocenters. The Balaban J connectivity index is 2.23. The van der Waals surface area contributed by atoms with Crippen molar-refractivity contribution in [3.05, 3.63) is 35.9 Å². The van der Waals surface area contributed by atoms with E-state index in [1.807, 2.05) is 90.9 Å². The maximum Gasteiger partial charge on any atom is 0.329 e. The van der Waals surface area contributed by atoms with Crippen LogP contribution in [0.15, 0.2) is 30.3 Å². The highest BCUT2D eigenvalue weighted by atomic mass is 16.6. The molecule has 1 fully saturated rings. The molecular formula is C47H81N5O11. The SMILES string of the molecule is CC[C@H](C)[C@@H]([C@@H](CC(=O)N1CCC[C@H]1C(OC)[C@@H](C)C(=O)N[C@@H](Cc1ccccc1)C(=O)OCCOCCOCCOC)OC)N(C)C(=O)[C@@H](NC(=O)[C@H](C(C)C)N(C)C)C(C)C. The van der Waals surface area contributed by atoms with E-state index in [2.05, 4.69) is 10.6 Å². The Morgan fingerprint density at radius 2 is 1.41 bits per heavy atom. The van der Waals surface area contributed by atoms with E-state index in [1.54, 1.807) is 38.0 Å². The molecule has 0 aliphatic carbocycles. The van der Waals surface area contributed by atoms with Crippen LogP contribution in [0.3, 0.4) is 0 Å². The molecule has 2 rings (SSSR count). The first-order chi connectivity index (χ1) is 29.9. The molecular weight excluding hydrogens is 811 g/mol. The van der Waals surface area contributed by atoms with Crippen LogP contribution in [0.1, 0.15) is 79.7 Å². The highest BCUT2D eigenvalue weighted by Crippen LogP contribution is 2.30. The van der Waals surface area contributed by atoms with Crippen LogP contribution in [0.4, 0.5) is 0 Å². The lowest BCUT2D eigenvalue weighted by Crippen LogP contribution is -2.59. The normalized spacial score (nSPS) is 18.0. The van der Waals surface area contributed by atoms with Crippen molar-refractivity contribution >= 4 is 29.6 Å². The minimum Gasteiger partial charge on any atom is -0.462 e. The Morgan fingerprint density at radius 1 is 0.794 bits per heavy atom. The first kappa shape index (κ1) is 55.5. The molecule has 4 amide bonds. The molecule has 1 aromatic rings. The molecule has 1 unspecified atom stereocenters. The Hall–Kier alpha value is -3.67. The van der Waals surface area contributed by atoms with Crippen LogP contribution in [0, 0.1) is 23.7 Å². The number of amides is 4. The van der Waals surface area contributed by atoms with Crippen molar-refractivity contribution in [2.75, 3.05) is 88.7 Å². The van der Waals surface area contributed by atoms with E-state index in [-0.39, 0.29) is 61.5 Å². The summed E-state index contributed by atoms with van der Waals surface area (Å²) in [6, 6.07) is 6.27. The van der Waals surface area contributed by atoms with E-state index in [4.69, 9.17) is 28.4 Å². The van der Waals surface area contributed by atoms with Crippen LogP contribution in [0.5, 0.6) is 0 Å². The number of rotatable bonds is 30. The summed E-state index contributed by atoms with van der Waals surface area (Å²) in [6.07, 6.45) is 0.881. The van der Waals surface area contributed by atoms with Crippen molar-refractivity contribution in [3.8, 4) is 0 Å². The molecule has 0 radical (unpaired) electrons. The summed E-state index contributed by atoms with van der Waals surface area (Å²) < 4.78 is 33.5. The first-order valence-corrected chi connectivity index (χ1v) is 22.7. The van der Waals surface area contributed by atoms with Crippen molar-refractivity contribution in [1.29, 1.82) is 0 Å². The number of nitrogens with zero attached hydrogens (tertiary/aromatic N) is 3. The van der Waals surface area contributed by atoms with Gasteiger partial charge in [-0.05, 0) is 50.3 Å². The minimum atomic E-state index is -0.980. The number of esters is 1. The molecule has 2 N–H and O–H groups in total. The molecule has 1 heterocycles. The predicted molar refractivity (Wildman–Crippen MR) is 242 cm³/mol. The zero-order chi connectivity index (χ0) is 47.2. The van der Waals surface area contributed by atoms with E-state index < -0.39 is 60.2 Å². The lowest BCUT2D eigenvalue weighted by atomic mass is 9.89. The number of likely N-dealkylation sites (tertiary alicyclic amines) is 1. The molecule has 63 heavy (non-hydrogen) atoms. The molecule has 1 aliphatic rings. The van der Waals surface area contributed by atoms with E-state index in [0.29, 0.717) is 52.2 Å². The van der Waals surface area contributed by atoms with Crippen LogP contribution in [-0.4, -0.2) is 175 Å². The van der Waals surface area contributed by atoms with Crippen LogP contribution in [-0.2, 0) is 58.8 Å². The van der Waals surface area contributed by atoms with E-state index in [1.165, 1.54) is 7.11 Å². The number of benzene rings is 1. The molecule has 0 aromatic heterocycles. The van der Waals surface area contributed by atoms with Gasteiger partial charge in [0.1, 0.15) is 18.7 Å². The summed E-state index contributed by atoms with van der Waals surface area (Å²) in [5.74, 6) is -2.61. The molecule has 0 bridgehead atoms. The van der Waals surface area contributed by atoms with Crippen LogP contribution in [0.25, 0.3) is 0 Å². The summed E-state index contributed by atoms with van der Waals surface area (Å²) in [7, 11) is 10.1. The number of carbonyl (C=O) groups is 5. The lowest BCUT2D eigenvalue weighted by Gasteiger charge is -2.41. The van der Waals surface area contributed by atoms with Crippen molar-refractivity contribution in [2.24, 2.45) is 23.7 Å². The van der Waals surface area contributed by atoms with Crippen LogP contribution >= 0.6 is 0 Å². The highest BCUT2D eigenvalue weighted by molar-refractivity contribution is 5.90. The second kappa shape index (κ2) is 29.0. The molecule has 1 aliphatic heterocycles. The highest BCUT2D eigenvalue weighted by Gasteiger charge is 2.43. The standard InChI is InChI=1S/C47H81N5O11/c1-14-33(6)42(51(10)46(56)40(31(2)3)49-45(55)41(32(4)5)50(8)9)38(59-12)30-39(53)52-22-18-21-37(52)43(60-13)34(7)44(54)48-36(29-35-19-16-15-17-20-35)47(57)63-28-27-62-26-25-61-24-23-58-11/h15-17,19-20,31-34,36-38,40-43H,14,18,21-30H2,1-13H3,(H,48,54)(H,49,55)/t33-,34+,36-,37-,38+,40-,41-,42-,43?/m0/s1. The van der Waals surface area contributed by atoms with Crippen LogP contribution < -0.4 is 10.6 Å². The molecule has 1 aromatic carbocycles. The molecule has 0 spiro atoms. The summed E-state index contributed by atoms with van der Waals surface area (Å²) in [4.78, 5) is 74.9. The molecule has 16 heteroatoms.